The zero-order valence-corrected chi connectivity index (χ0v) is 18.0. The maximum Gasteiger partial charge on any atom is 0.309 e. The van der Waals surface area contributed by atoms with E-state index in [0.29, 0.717) is 18.4 Å². The van der Waals surface area contributed by atoms with Gasteiger partial charge in [-0.15, -0.1) is 6.58 Å². The maximum atomic E-state index is 11.5. The number of hydrogen-bond acceptors (Lipinski definition) is 5. The molecule has 0 aliphatic heterocycles. The van der Waals surface area contributed by atoms with Crippen molar-refractivity contribution < 1.29 is 24.2 Å². The van der Waals surface area contributed by atoms with Crippen LogP contribution in [0.15, 0.2) is 25.3 Å². The van der Waals surface area contributed by atoms with Crippen molar-refractivity contribution in [3.05, 3.63) is 25.3 Å². The van der Waals surface area contributed by atoms with E-state index in [-0.39, 0.29) is 30.4 Å². The Morgan fingerprint density at radius 3 is 1.68 bits per heavy atom. The molecule has 2 aliphatic rings. The second-order valence-electron chi connectivity index (χ2n) is 7.65. The molecular formula is C23H40O5. The fourth-order valence-electron chi connectivity index (χ4n) is 3.73. The van der Waals surface area contributed by atoms with Crippen LogP contribution in [0, 0.1) is 23.7 Å². The quantitative estimate of drug-likeness (QED) is 0.539. The van der Waals surface area contributed by atoms with Crippen LogP contribution in [-0.4, -0.2) is 37.4 Å². The Bertz CT molecular complexity index is 460. The first-order valence-corrected chi connectivity index (χ1v) is 10.5. The Morgan fingerprint density at radius 2 is 1.32 bits per heavy atom. The zero-order chi connectivity index (χ0) is 21.4. The molecule has 1 N–H and O–H groups in total. The standard InChI is InChI=1S/C11H18O2.C9H16O2.C3H6O/c1-3-8-13-11(12)10-7-5-4-6-9(10)2;1-7-5-3-4-6-8(7)9(10)11-2;1-2-3-4/h3,9-10H,1,4-8H2,2H3;7-8H,3-6H2,1-2H3;2,4H,1,3H2. The van der Waals surface area contributed by atoms with Gasteiger partial charge in [0, 0.05) is 0 Å². The molecule has 5 nitrogen and oxygen atoms in total. The van der Waals surface area contributed by atoms with Gasteiger partial charge in [0.05, 0.1) is 25.6 Å². The maximum absolute atomic E-state index is 11.5. The van der Waals surface area contributed by atoms with Gasteiger partial charge in [0.1, 0.15) is 6.61 Å². The largest absolute Gasteiger partial charge is 0.469 e. The second-order valence-corrected chi connectivity index (χ2v) is 7.65. The molecule has 0 amide bonds. The Hall–Kier alpha value is -1.62. The van der Waals surface area contributed by atoms with Gasteiger partial charge in [0.25, 0.3) is 0 Å². The minimum atomic E-state index is -0.0351. The van der Waals surface area contributed by atoms with Gasteiger partial charge in [0.15, 0.2) is 0 Å². The van der Waals surface area contributed by atoms with Gasteiger partial charge < -0.3 is 14.6 Å². The summed E-state index contributed by atoms with van der Waals surface area (Å²) in [5.41, 5.74) is 0. The summed E-state index contributed by atoms with van der Waals surface area (Å²) in [5.74, 6) is 1.27. The summed E-state index contributed by atoms with van der Waals surface area (Å²) < 4.78 is 9.77. The topological polar surface area (TPSA) is 72.8 Å². The van der Waals surface area contributed by atoms with E-state index in [2.05, 4.69) is 27.0 Å². The minimum Gasteiger partial charge on any atom is -0.469 e. The molecule has 4 unspecified atom stereocenters. The number of rotatable bonds is 5. The lowest BCUT2D eigenvalue weighted by Gasteiger charge is -2.26. The van der Waals surface area contributed by atoms with E-state index in [0.717, 1.165) is 25.7 Å². The highest BCUT2D eigenvalue weighted by molar-refractivity contribution is 5.73. The monoisotopic (exact) mass is 396 g/mol. The Labute approximate surface area is 171 Å². The number of aliphatic hydroxyl groups excluding tert-OH is 1. The first-order chi connectivity index (χ1) is 13.4. The fourth-order valence-corrected chi connectivity index (χ4v) is 3.73. The van der Waals surface area contributed by atoms with Crippen LogP contribution in [0.5, 0.6) is 0 Å². The average molecular weight is 397 g/mol. The van der Waals surface area contributed by atoms with Crippen LogP contribution in [-0.2, 0) is 19.1 Å². The van der Waals surface area contributed by atoms with Gasteiger partial charge in [-0.1, -0.05) is 58.3 Å². The van der Waals surface area contributed by atoms with E-state index in [1.807, 2.05) is 0 Å². The lowest BCUT2D eigenvalue weighted by Crippen LogP contribution is -2.27. The van der Waals surface area contributed by atoms with Crippen molar-refractivity contribution in [1.82, 2.24) is 0 Å². The lowest BCUT2D eigenvalue weighted by atomic mass is 9.80. The first kappa shape index (κ1) is 26.4. The third-order valence-corrected chi connectivity index (χ3v) is 5.50. The summed E-state index contributed by atoms with van der Waals surface area (Å²) in [6.07, 6.45) is 12.3. The van der Waals surface area contributed by atoms with Crippen molar-refractivity contribution in [2.45, 2.75) is 65.2 Å². The molecule has 0 bridgehead atoms. The summed E-state index contributed by atoms with van der Waals surface area (Å²) >= 11 is 0. The molecule has 2 saturated carbocycles. The van der Waals surface area contributed by atoms with Gasteiger partial charge in [-0.2, -0.15) is 0 Å². The highest BCUT2D eigenvalue weighted by atomic mass is 16.5. The SMILES string of the molecule is C=CCO.C=CCOC(=O)C1CCCCC1C.COC(=O)C1CCCCC1C. The molecule has 0 aromatic heterocycles. The van der Waals surface area contributed by atoms with E-state index in [9.17, 15) is 9.59 Å². The predicted octanol–water partition coefficient (Wildman–Crippen LogP) is 4.69. The van der Waals surface area contributed by atoms with Crippen LogP contribution in [0.4, 0.5) is 0 Å². The molecule has 0 saturated heterocycles. The van der Waals surface area contributed by atoms with E-state index < -0.39 is 0 Å². The van der Waals surface area contributed by atoms with Crippen LogP contribution in [0.1, 0.15) is 65.2 Å². The Kier molecular flexibility index (Phi) is 15.4. The van der Waals surface area contributed by atoms with Crippen LogP contribution in [0.25, 0.3) is 0 Å². The number of hydrogen-bond donors (Lipinski definition) is 1. The van der Waals surface area contributed by atoms with Crippen molar-refractivity contribution in [3.63, 3.8) is 0 Å². The fraction of sp³-hybridized carbons (Fsp3) is 0.739. The molecule has 0 spiro atoms. The highest BCUT2D eigenvalue weighted by Gasteiger charge is 2.29. The van der Waals surface area contributed by atoms with Crippen molar-refractivity contribution in [3.8, 4) is 0 Å². The van der Waals surface area contributed by atoms with E-state index in [1.54, 1.807) is 6.08 Å². The number of methoxy groups -OCH3 is 1. The highest BCUT2D eigenvalue weighted by Crippen LogP contribution is 2.31. The molecule has 4 atom stereocenters. The van der Waals surface area contributed by atoms with E-state index in [1.165, 1.54) is 38.9 Å². The number of aliphatic hydroxyl groups is 1. The van der Waals surface area contributed by atoms with Crippen LogP contribution in [0.2, 0.25) is 0 Å². The third kappa shape index (κ3) is 10.6. The molecule has 2 aliphatic carbocycles. The summed E-state index contributed by atoms with van der Waals surface area (Å²) in [6.45, 7) is 11.5. The Morgan fingerprint density at radius 1 is 0.893 bits per heavy atom. The molecule has 0 aromatic rings. The van der Waals surface area contributed by atoms with E-state index >= 15 is 0 Å². The molecule has 2 rings (SSSR count). The molecular weight excluding hydrogens is 356 g/mol. The number of carbonyl (C=O) groups is 2. The van der Waals surface area contributed by atoms with Gasteiger partial charge in [-0.25, -0.2) is 0 Å². The third-order valence-electron chi connectivity index (χ3n) is 5.50. The zero-order valence-electron chi connectivity index (χ0n) is 18.0. The molecule has 0 aromatic carbocycles. The summed E-state index contributed by atoms with van der Waals surface area (Å²) in [6, 6.07) is 0. The van der Waals surface area contributed by atoms with Crippen molar-refractivity contribution in [1.29, 1.82) is 0 Å². The smallest absolute Gasteiger partial charge is 0.309 e. The van der Waals surface area contributed by atoms with Gasteiger partial charge in [-0.3, -0.25) is 9.59 Å². The van der Waals surface area contributed by atoms with Gasteiger partial charge in [-0.05, 0) is 37.5 Å². The second kappa shape index (κ2) is 16.3. The van der Waals surface area contributed by atoms with Crippen molar-refractivity contribution >= 4 is 11.9 Å². The normalized spacial score (nSPS) is 26.3. The number of esters is 2. The van der Waals surface area contributed by atoms with Crippen LogP contribution < -0.4 is 0 Å². The van der Waals surface area contributed by atoms with Crippen molar-refractivity contribution in [2.24, 2.45) is 23.7 Å². The molecule has 5 heteroatoms. The van der Waals surface area contributed by atoms with Crippen LogP contribution >= 0.6 is 0 Å². The Balaban J connectivity index is 0.000000442. The number of ether oxygens (including phenoxy) is 2. The molecule has 2 fully saturated rings. The van der Waals surface area contributed by atoms with E-state index in [4.69, 9.17) is 14.6 Å². The lowest BCUT2D eigenvalue weighted by molar-refractivity contribution is -0.150. The predicted molar refractivity (Wildman–Crippen MR) is 113 cm³/mol. The average Bonchev–Trinajstić information content (AvgIpc) is 2.72. The molecule has 28 heavy (non-hydrogen) atoms. The minimum absolute atomic E-state index is 0.0165. The van der Waals surface area contributed by atoms with Gasteiger partial charge >= 0.3 is 11.9 Å². The summed E-state index contributed by atoms with van der Waals surface area (Å²) in [5, 5.41) is 7.76. The van der Waals surface area contributed by atoms with Crippen molar-refractivity contribution in [2.75, 3.05) is 20.3 Å². The van der Waals surface area contributed by atoms with Gasteiger partial charge in [0.2, 0.25) is 0 Å². The molecule has 0 radical (unpaired) electrons. The summed E-state index contributed by atoms with van der Waals surface area (Å²) in [4.78, 5) is 22.7. The molecule has 0 heterocycles. The van der Waals surface area contributed by atoms with Crippen LogP contribution in [0.3, 0.4) is 0 Å². The summed E-state index contributed by atoms with van der Waals surface area (Å²) in [7, 11) is 1.48. The molecule has 162 valence electrons. The number of carbonyl (C=O) groups excluding carboxylic acids is 2. The first-order valence-electron chi connectivity index (χ1n) is 10.5.